The Morgan fingerprint density at radius 1 is 1.16 bits per heavy atom. The van der Waals surface area contributed by atoms with Crippen LogP contribution in [0.15, 0.2) is 54.6 Å². The van der Waals surface area contributed by atoms with Crippen molar-refractivity contribution in [1.82, 2.24) is 4.90 Å². The lowest BCUT2D eigenvalue weighted by Gasteiger charge is -2.28. The average molecular weight is 457 g/mol. The number of hydrogen-bond donors (Lipinski definition) is 0. The number of thiophene rings is 1. The molecule has 1 aromatic heterocycles. The van der Waals surface area contributed by atoms with Gasteiger partial charge in [0.25, 0.3) is 5.91 Å². The highest BCUT2D eigenvalue weighted by Gasteiger charge is 2.24. The summed E-state index contributed by atoms with van der Waals surface area (Å²) in [6.45, 7) is 3.45. The monoisotopic (exact) mass is 456 g/mol. The highest BCUT2D eigenvalue weighted by Crippen LogP contribution is 2.40. The van der Waals surface area contributed by atoms with Crippen molar-refractivity contribution >= 4 is 33.8 Å². The van der Waals surface area contributed by atoms with Gasteiger partial charge in [0.2, 0.25) is 0 Å². The van der Waals surface area contributed by atoms with Crippen LogP contribution in [0.1, 0.15) is 15.2 Å². The maximum absolute atomic E-state index is 13.3. The van der Waals surface area contributed by atoms with Crippen LogP contribution in [0.4, 0.5) is 5.00 Å². The van der Waals surface area contributed by atoms with Crippen LogP contribution < -0.4 is 9.64 Å². The molecule has 1 aliphatic rings. The maximum Gasteiger partial charge on any atom is 0.264 e. The van der Waals surface area contributed by atoms with Crippen LogP contribution in [-0.4, -0.2) is 51.3 Å². The Morgan fingerprint density at radius 3 is 2.61 bits per heavy atom. The van der Waals surface area contributed by atoms with E-state index in [1.165, 1.54) is 0 Å². The molecule has 0 bridgehead atoms. The number of carbonyl (C=O) groups is 1. The molecule has 1 saturated heterocycles. The normalized spacial score (nSPS) is 13.8. The minimum atomic E-state index is -0.0243. The summed E-state index contributed by atoms with van der Waals surface area (Å²) in [7, 11) is 3.42. The van der Waals surface area contributed by atoms with Gasteiger partial charge in [0.15, 0.2) is 0 Å². The van der Waals surface area contributed by atoms with Crippen LogP contribution in [-0.2, 0) is 11.3 Å². The summed E-state index contributed by atoms with van der Waals surface area (Å²) in [5.74, 6) is 0.693. The highest BCUT2D eigenvalue weighted by molar-refractivity contribution is 7.18. The summed E-state index contributed by atoms with van der Waals surface area (Å²) in [6, 6.07) is 17.7. The van der Waals surface area contributed by atoms with Crippen molar-refractivity contribution in [2.45, 2.75) is 6.54 Å². The lowest BCUT2D eigenvalue weighted by atomic mass is 10.1. The van der Waals surface area contributed by atoms with E-state index in [-0.39, 0.29) is 5.91 Å². The van der Waals surface area contributed by atoms with Gasteiger partial charge in [0.05, 0.1) is 30.2 Å². The molecule has 0 spiro atoms. The predicted octanol–water partition coefficient (Wildman–Crippen LogP) is 5.19. The quantitative estimate of drug-likeness (QED) is 0.512. The van der Waals surface area contributed by atoms with Gasteiger partial charge in [0.1, 0.15) is 5.75 Å². The van der Waals surface area contributed by atoms with E-state index in [2.05, 4.69) is 17.0 Å². The van der Waals surface area contributed by atoms with Gasteiger partial charge in [0, 0.05) is 42.8 Å². The second kappa shape index (κ2) is 9.73. The van der Waals surface area contributed by atoms with E-state index in [4.69, 9.17) is 21.1 Å². The highest BCUT2D eigenvalue weighted by atomic mass is 35.5. The fourth-order valence-electron chi connectivity index (χ4n) is 3.70. The van der Waals surface area contributed by atoms with Crippen molar-refractivity contribution in [2.24, 2.45) is 0 Å². The molecular weight excluding hydrogens is 432 g/mol. The minimum Gasteiger partial charge on any atom is -0.496 e. The van der Waals surface area contributed by atoms with Crippen molar-refractivity contribution in [3.63, 3.8) is 0 Å². The zero-order valence-electron chi connectivity index (χ0n) is 17.6. The number of methoxy groups -OCH3 is 1. The maximum atomic E-state index is 13.3. The zero-order valence-corrected chi connectivity index (χ0v) is 19.2. The number of morpholine rings is 1. The van der Waals surface area contributed by atoms with Gasteiger partial charge in [-0.1, -0.05) is 41.9 Å². The third kappa shape index (κ3) is 4.87. The number of hydrogen-bond acceptors (Lipinski definition) is 5. The molecule has 5 nitrogen and oxygen atoms in total. The first-order valence-electron chi connectivity index (χ1n) is 10.2. The average Bonchev–Trinajstić information content (AvgIpc) is 3.25. The van der Waals surface area contributed by atoms with E-state index in [1.807, 2.05) is 36.4 Å². The Kier molecular flexibility index (Phi) is 6.80. The molecule has 0 radical (unpaired) electrons. The number of amides is 1. The molecule has 31 heavy (non-hydrogen) atoms. The summed E-state index contributed by atoms with van der Waals surface area (Å²) in [6.07, 6.45) is 0. The summed E-state index contributed by atoms with van der Waals surface area (Å²) in [5, 5.41) is 1.74. The number of benzene rings is 2. The molecule has 2 heterocycles. The van der Waals surface area contributed by atoms with Gasteiger partial charge < -0.3 is 19.3 Å². The molecule has 4 rings (SSSR count). The second-order valence-corrected chi connectivity index (χ2v) is 8.88. The molecule has 0 unspecified atom stereocenters. The van der Waals surface area contributed by atoms with Crippen molar-refractivity contribution in [3.05, 3.63) is 70.1 Å². The van der Waals surface area contributed by atoms with Crippen LogP contribution in [0.5, 0.6) is 5.75 Å². The molecule has 2 aromatic carbocycles. The van der Waals surface area contributed by atoms with Crippen LogP contribution in [0.25, 0.3) is 11.1 Å². The number of ether oxygens (including phenoxy) is 2. The van der Waals surface area contributed by atoms with Gasteiger partial charge in [-0.25, -0.2) is 0 Å². The van der Waals surface area contributed by atoms with E-state index in [0.29, 0.717) is 35.4 Å². The molecule has 3 aromatic rings. The van der Waals surface area contributed by atoms with E-state index < -0.39 is 0 Å². The lowest BCUT2D eigenvalue weighted by Crippen LogP contribution is -2.35. The van der Waals surface area contributed by atoms with Crippen molar-refractivity contribution < 1.29 is 14.3 Å². The fourth-order valence-corrected chi connectivity index (χ4v) is 5.12. The topological polar surface area (TPSA) is 42.0 Å². The molecule has 0 saturated carbocycles. The first kappa shape index (κ1) is 21.7. The third-order valence-corrected chi connectivity index (χ3v) is 6.72. The molecule has 162 valence electrons. The molecule has 7 heteroatoms. The number of nitrogens with zero attached hydrogens (tertiary/aromatic N) is 2. The summed E-state index contributed by atoms with van der Waals surface area (Å²) >= 11 is 7.70. The van der Waals surface area contributed by atoms with Crippen LogP contribution in [0.2, 0.25) is 5.02 Å². The van der Waals surface area contributed by atoms with E-state index in [9.17, 15) is 4.79 Å². The molecule has 0 aliphatic carbocycles. The molecule has 0 atom stereocenters. The molecule has 0 N–H and O–H groups in total. The molecule has 1 fully saturated rings. The lowest BCUT2D eigenvalue weighted by molar-refractivity contribution is 0.0789. The number of rotatable bonds is 6. The van der Waals surface area contributed by atoms with Gasteiger partial charge >= 0.3 is 0 Å². The van der Waals surface area contributed by atoms with Crippen molar-refractivity contribution in [1.29, 1.82) is 0 Å². The summed E-state index contributed by atoms with van der Waals surface area (Å²) in [4.78, 5) is 18.1. The van der Waals surface area contributed by atoms with Crippen molar-refractivity contribution in [3.8, 4) is 16.9 Å². The van der Waals surface area contributed by atoms with Gasteiger partial charge in [-0.2, -0.15) is 0 Å². The van der Waals surface area contributed by atoms with Crippen molar-refractivity contribution in [2.75, 3.05) is 45.4 Å². The van der Waals surface area contributed by atoms with Crippen LogP contribution in [0, 0.1) is 0 Å². The largest absolute Gasteiger partial charge is 0.496 e. The predicted molar refractivity (Wildman–Crippen MR) is 127 cm³/mol. The Morgan fingerprint density at radius 2 is 1.90 bits per heavy atom. The molecule has 1 aliphatic heterocycles. The summed E-state index contributed by atoms with van der Waals surface area (Å²) < 4.78 is 11.0. The smallest absolute Gasteiger partial charge is 0.264 e. The van der Waals surface area contributed by atoms with Crippen LogP contribution >= 0.6 is 22.9 Å². The molecular formula is C24H25ClN2O3S. The number of halogens is 1. The van der Waals surface area contributed by atoms with Gasteiger partial charge in [-0.15, -0.1) is 11.3 Å². The Bertz CT molecular complexity index is 1050. The standard InChI is InChI=1S/C24H25ClN2O3S/c1-26(16-18-14-19(25)8-9-21(18)29-2)23(28)22-15-20(17-6-4-3-5-7-17)24(31-22)27-10-12-30-13-11-27/h3-9,14-15H,10-13,16H2,1-2H3. The van der Waals surface area contributed by atoms with Gasteiger partial charge in [-0.05, 0) is 29.8 Å². The Balaban J connectivity index is 1.63. The first-order valence-corrected chi connectivity index (χ1v) is 11.4. The van der Waals surface area contributed by atoms with E-state index >= 15 is 0 Å². The Hall–Kier alpha value is -2.54. The Labute approximate surface area is 191 Å². The van der Waals surface area contributed by atoms with E-state index in [1.54, 1.807) is 36.5 Å². The summed E-state index contributed by atoms with van der Waals surface area (Å²) in [5.41, 5.74) is 3.07. The molecule has 1 amide bonds. The van der Waals surface area contributed by atoms with E-state index in [0.717, 1.165) is 34.8 Å². The minimum absolute atomic E-state index is 0.0243. The first-order chi connectivity index (χ1) is 15.1. The number of carbonyl (C=O) groups excluding carboxylic acids is 1. The fraction of sp³-hybridized carbons (Fsp3) is 0.292. The SMILES string of the molecule is COc1ccc(Cl)cc1CN(C)C(=O)c1cc(-c2ccccc2)c(N2CCOCC2)s1. The second-order valence-electron chi connectivity index (χ2n) is 7.41. The van der Waals surface area contributed by atoms with Gasteiger partial charge in [-0.3, -0.25) is 4.79 Å². The van der Waals surface area contributed by atoms with Crippen LogP contribution in [0.3, 0.4) is 0 Å². The zero-order chi connectivity index (χ0) is 21.8. The number of anilines is 1. The third-order valence-electron chi connectivity index (χ3n) is 5.30.